The van der Waals surface area contributed by atoms with Gasteiger partial charge in [-0.2, -0.15) is 4.98 Å². The molecule has 1 heterocycles. The van der Waals surface area contributed by atoms with E-state index < -0.39 is 0 Å². The highest BCUT2D eigenvalue weighted by Gasteiger charge is 2.13. The van der Waals surface area contributed by atoms with Gasteiger partial charge in [-0.1, -0.05) is 22.9 Å². The van der Waals surface area contributed by atoms with Crippen molar-refractivity contribution in [2.75, 3.05) is 19.0 Å². The SMILES string of the molecule is CCCNc1ncnc(Oc2ccc(Br)cc2)c1OC. The van der Waals surface area contributed by atoms with Gasteiger partial charge in [0.25, 0.3) is 5.88 Å². The highest BCUT2D eigenvalue weighted by Crippen LogP contribution is 2.34. The van der Waals surface area contributed by atoms with Gasteiger partial charge in [0, 0.05) is 11.0 Å². The summed E-state index contributed by atoms with van der Waals surface area (Å²) in [7, 11) is 1.57. The van der Waals surface area contributed by atoms with Gasteiger partial charge in [0.15, 0.2) is 5.82 Å². The second-order valence-electron chi connectivity index (χ2n) is 4.04. The van der Waals surface area contributed by atoms with Crippen LogP contribution in [-0.2, 0) is 0 Å². The molecule has 0 saturated carbocycles. The van der Waals surface area contributed by atoms with Crippen LogP contribution in [0.15, 0.2) is 35.1 Å². The molecule has 0 spiro atoms. The van der Waals surface area contributed by atoms with Crippen molar-refractivity contribution < 1.29 is 9.47 Å². The molecule has 0 amide bonds. The lowest BCUT2D eigenvalue weighted by Gasteiger charge is -2.13. The number of benzene rings is 1. The Morgan fingerprint density at radius 1 is 1.20 bits per heavy atom. The third kappa shape index (κ3) is 3.60. The molecule has 0 saturated heterocycles. The number of hydrogen-bond donors (Lipinski definition) is 1. The smallest absolute Gasteiger partial charge is 0.268 e. The van der Waals surface area contributed by atoms with E-state index in [4.69, 9.17) is 9.47 Å². The molecule has 0 bridgehead atoms. The van der Waals surface area contributed by atoms with Crippen molar-refractivity contribution >= 4 is 21.7 Å². The van der Waals surface area contributed by atoms with Crippen LogP contribution < -0.4 is 14.8 Å². The van der Waals surface area contributed by atoms with Gasteiger partial charge in [0.2, 0.25) is 5.75 Å². The molecule has 20 heavy (non-hydrogen) atoms. The lowest BCUT2D eigenvalue weighted by molar-refractivity contribution is 0.369. The van der Waals surface area contributed by atoms with E-state index >= 15 is 0 Å². The summed E-state index contributed by atoms with van der Waals surface area (Å²) in [5.74, 6) is 2.22. The third-order valence-corrected chi connectivity index (χ3v) is 3.07. The second kappa shape index (κ2) is 7.09. The fourth-order valence-corrected chi connectivity index (χ4v) is 1.86. The number of halogens is 1. The quantitative estimate of drug-likeness (QED) is 0.867. The number of aromatic nitrogens is 2. The maximum Gasteiger partial charge on any atom is 0.268 e. The average molecular weight is 338 g/mol. The Hall–Kier alpha value is -1.82. The topological polar surface area (TPSA) is 56.3 Å². The number of anilines is 1. The molecule has 0 atom stereocenters. The minimum atomic E-state index is 0.392. The van der Waals surface area contributed by atoms with Crippen LogP contribution >= 0.6 is 15.9 Å². The monoisotopic (exact) mass is 337 g/mol. The fraction of sp³-hybridized carbons (Fsp3) is 0.286. The zero-order valence-electron chi connectivity index (χ0n) is 11.4. The number of hydrogen-bond acceptors (Lipinski definition) is 5. The third-order valence-electron chi connectivity index (χ3n) is 2.55. The lowest BCUT2D eigenvalue weighted by atomic mass is 10.3. The molecule has 0 aliphatic carbocycles. The second-order valence-corrected chi connectivity index (χ2v) is 4.96. The van der Waals surface area contributed by atoms with Crippen LogP contribution in [-0.4, -0.2) is 23.6 Å². The predicted octanol–water partition coefficient (Wildman–Crippen LogP) is 3.86. The number of ether oxygens (including phenoxy) is 2. The van der Waals surface area contributed by atoms with Gasteiger partial charge in [-0.05, 0) is 30.7 Å². The molecule has 0 unspecified atom stereocenters. The molecule has 1 aromatic carbocycles. The van der Waals surface area contributed by atoms with Gasteiger partial charge in [-0.3, -0.25) is 0 Å². The summed E-state index contributed by atoms with van der Waals surface area (Å²) in [6, 6.07) is 7.51. The number of rotatable bonds is 6. The Bertz CT molecular complexity index is 561. The van der Waals surface area contributed by atoms with Crippen molar-refractivity contribution in [1.29, 1.82) is 0 Å². The Balaban J connectivity index is 2.24. The maximum absolute atomic E-state index is 5.74. The molecule has 2 rings (SSSR count). The molecule has 0 aliphatic rings. The van der Waals surface area contributed by atoms with E-state index in [0.717, 1.165) is 17.4 Å². The molecule has 0 aliphatic heterocycles. The van der Waals surface area contributed by atoms with Gasteiger partial charge in [-0.25, -0.2) is 4.98 Å². The molecule has 106 valence electrons. The van der Waals surface area contributed by atoms with Gasteiger partial charge < -0.3 is 14.8 Å². The fourth-order valence-electron chi connectivity index (χ4n) is 1.60. The van der Waals surface area contributed by atoms with Crippen molar-refractivity contribution in [3.8, 4) is 17.4 Å². The molecule has 1 N–H and O–H groups in total. The van der Waals surface area contributed by atoms with Gasteiger partial charge in [0.05, 0.1) is 7.11 Å². The molecule has 0 radical (unpaired) electrons. The van der Waals surface area contributed by atoms with Crippen LogP contribution in [0.4, 0.5) is 5.82 Å². The van der Waals surface area contributed by atoms with Crippen molar-refractivity contribution in [1.82, 2.24) is 9.97 Å². The van der Waals surface area contributed by atoms with Crippen LogP contribution in [0.5, 0.6) is 17.4 Å². The van der Waals surface area contributed by atoms with Crippen molar-refractivity contribution in [3.63, 3.8) is 0 Å². The first-order valence-electron chi connectivity index (χ1n) is 6.31. The summed E-state index contributed by atoms with van der Waals surface area (Å²) >= 11 is 3.38. The Labute approximate surface area is 126 Å². The molecule has 5 nitrogen and oxygen atoms in total. The molecule has 0 fully saturated rings. The van der Waals surface area contributed by atoms with E-state index in [1.165, 1.54) is 6.33 Å². The van der Waals surface area contributed by atoms with Crippen LogP contribution in [0.1, 0.15) is 13.3 Å². The summed E-state index contributed by atoms with van der Waals surface area (Å²) in [6.45, 7) is 2.89. The van der Waals surface area contributed by atoms with E-state index in [9.17, 15) is 0 Å². The maximum atomic E-state index is 5.74. The van der Waals surface area contributed by atoms with Crippen LogP contribution in [0, 0.1) is 0 Å². The van der Waals surface area contributed by atoms with E-state index in [2.05, 4.69) is 38.1 Å². The summed E-state index contributed by atoms with van der Waals surface area (Å²) in [5, 5.41) is 3.19. The van der Waals surface area contributed by atoms with E-state index in [0.29, 0.717) is 23.2 Å². The molecule has 6 heteroatoms. The van der Waals surface area contributed by atoms with E-state index in [1.807, 2.05) is 24.3 Å². The first-order valence-corrected chi connectivity index (χ1v) is 7.10. The number of nitrogens with zero attached hydrogens (tertiary/aromatic N) is 2. The van der Waals surface area contributed by atoms with Crippen LogP contribution in [0.3, 0.4) is 0 Å². The summed E-state index contributed by atoms with van der Waals surface area (Å²) in [5.41, 5.74) is 0. The van der Waals surface area contributed by atoms with Crippen molar-refractivity contribution in [2.24, 2.45) is 0 Å². The molecular formula is C14H16BrN3O2. The van der Waals surface area contributed by atoms with Crippen molar-refractivity contribution in [3.05, 3.63) is 35.1 Å². The molecule has 2 aromatic rings. The van der Waals surface area contributed by atoms with Crippen LogP contribution in [0.2, 0.25) is 0 Å². The van der Waals surface area contributed by atoms with E-state index in [1.54, 1.807) is 7.11 Å². The number of methoxy groups -OCH3 is 1. The lowest BCUT2D eigenvalue weighted by Crippen LogP contribution is -2.05. The minimum absolute atomic E-state index is 0.392. The molecular weight excluding hydrogens is 322 g/mol. The van der Waals surface area contributed by atoms with Crippen molar-refractivity contribution in [2.45, 2.75) is 13.3 Å². The standard InChI is InChI=1S/C14H16BrN3O2/c1-3-8-16-13-12(19-2)14(18-9-17-13)20-11-6-4-10(15)5-7-11/h4-7,9H,3,8H2,1-2H3,(H,16,17,18). The Morgan fingerprint density at radius 2 is 1.95 bits per heavy atom. The Morgan fingerprint density at radius 3 is 2.60 bits per heavy atom. The normalized spacial score (nSPS) is 10.2. The Kier molecular flexibility index (Phi) is 5.17. The van der Waals surface area contributed by atoms with Gasteiger partial charge >= 0.3 is 0 Å². The average Bonchev–Trinajstić information content (AvgIpc) is 2.47. The minimum Gasteiger partial charge on any atom is -0.489 e. The summed E-state index contributed by atoms with van der Waals surface area (Å²) in [6.07, 6.45) is 2.45. The van der Waals surface area contributed by atoms with E-state index in [-0.39, 0.29) is 0 Å². The van der Waals surface area contributed by atoms with Gasteiger partial charge in [0.1, 0.15) is 12.1 Å². The van der Waals surface area contributed by atoms with Crippen LogP contribution in [0.25, 0.3) is 0 Å². The number of nitrogens with one attached hydrogen (secondary N) is 1. The highest BCUT2D eigenvalue weighted by molar-refractivity contribution is 9.10. The molecule has 1 aromatic heterocycles. The first kappa shape index (κ1) is 14.6. The summed E-state index contributed by atoms with van der Waals surface area (Å²) in [4.78, 5) is 8.29. The largest absolute Gasteiger partial charge is 0.489 e. The zero-order valence-corrected chi connectivity index (χ0v) is 13.0. The predicted molar refractivity (Wildman–Crippen MR) is 81.6 cm³/mol. The first-order chi connectivity index (χ1) is 9.74. The summed E-state index contributed by atoms with van der Waals surface area (Å²) < 4.78 is 12.1. The zero-order chi connectivity index (χ0) is 14.4. The highest BCUT2D eigenvalue weighted by atomic mass is 79.9. The van der Waals surface area contributed by atoms with Gasteiger partial charge in [-0.15, -0.1) is 0 Å².